The molecule has 7 nitrogen and oxygen atoms in total. The van der Waals surface area contributed by atoms with Crippen LogP contribution >= 0.6 is 11.3 Å². The molecule has 0 radical (unpaired) electrons. The zero-order chi connectivity index (χ0) is 19.5. The highest BCUT2D eigenvalue weighted by Crippen LogP contribution is 2.42. The average Bonchev–Trinajstić information content (AvgIpc) is 3.46. The Morgan fingerprint density at radius 3 is 2.75 bits per heavy atom. The van der Waals surface area contributed by atoms with E-state index in [0.717, 1.165) is 54.8 Å². The van der Waals surface area contributed by atoms with Crippen molar-refractivity contribution in [1.29, 1.82) is 0 Å². The van der Waals surface area contributed by atoms with E-state index in [0.29, 0.717) is 17.6 Å². The molecule has 0 unspecified atom stereocenters. The van der Waals surface area contributed by atoms with Gasteiger partial charge in [-0.15, -0.1) is 10.2 Å². The number of nitrogens with zero attached hydrogens (tertiary/aromatic N) is 3. The monoisotopic (exact) mass is 402 g/mol. The van der Waals surface area contributed by atoms with Gasteiger partial charge in [-0.05, 0) is 56.2 Å². The summed E-state index contributed by atoms with van der Waals surface area (Å²) in [5.41, 5.74) is 1.01. The molecule has 28 heavy (non-hydrogen) atoms. The van der Waals surface area contributed by atoms with Gasteiger partial charge in [-0.2, -0.15) is 0 Å². The Kier molecular flexibility index (Phi) is 5.77. The number of aliphatic hydroxyl groups is 1. The molecule has 8 heteroatoms. The predicted molar refractivity (Wildman–Crippen MR) is 108 cm³/mol. The molecule has 2 aromatic rings. The maximum atomic E-state index is 13.1. The van der Waals surface area contributed by atoms with Crippen LogP contribution < -0.4 is 10.1 Å². The lowest BCUT2D eigenvalue weighted by molar-refractivity contribution is 0.0849. The highest BCUT2D eigenvalue weighted by molar-refractivity contribution is 7.15. The molecule has 4 rings (SSSR count). The van der Waals surface area contributed by atoms with Crippen LogP contribution in [0.2, 0.25) is 0 Å². The minimum atomic E-state index is -0.262. The van der Waals surface area contributed by atoms with Gasteiger partial charge in [-0.25, -0.2) is 4.79 Å². The molecule has 2 fully saturated rings. The molecular weight excluding hydrogens is 376 g/mol. The van der Waals surface area contributed by atoms with E-state index in [-0.39, 0.29) is 18.2 Å². The first-order valence-electron chi connectivity index (χ1n) is 9.84. The highest BCUT2D eigenvalue weighted by atomic mass is 32.1. The van der Waals surface area contributed by atoms with Gasteiger partial charge >= 0.3 is 6.03 Å². The topological polar surface area (TPSA) is 87.6 Å². The van der Waals surface area contributed by atoms with Gasteiger partial charge in [0.15, 0.2) is 0 Å². The standard InChI is InChI=1S/C20H26N4O3S/c1-27-17-4-2-3-13(11-17)12-24(15-7-9-16(25)10-8-15)20(26)21-19-23-22-18(28-19)14-5-6-14/h2-4,11,14-16,25H,5-10,12H2,1H3,(H,21,23,26). The SMILES string of the molecule is COc1cccc(CN(C(=O)Nc2nnc(C3CC3)s2)C2CCC(O)CC2)c1. The van der Waals surface area contributed by atoms with Crippen molar-refractivity contribution in [3.05, 3.63) is 34.8 Å². The van der Waals surface area contributed by atoms with Crippen molar-refractivity contribution in [2.24, 2.45) is 0 Å². The number of benzene rings is 1. The lowest BCUT2D eigenvalue weighted by Gasteiger charge is -2.35. The van der Waals surface area contributed by atoms with Gasteiger partial charge in [-0.1, -0.05) is 23.5 Å². The summed E-state index contributed by atoms with van der Waals surface area (Å²) >= 11 is 1.47. The lowest BCUT2D eigenvalue weighted by atomic mass is 9.92. The second-order valence-electron chi connectivity index (χ2n) is 7.59. The number of carbonyl (C=O) groups excluding carboxylic acids is 1. The van der Waals surface area contributed by atoms with Crippen LogP contribution in [0.4, 0.5) is 9.93 Å². The molecule has 1 aromatic carbocycles. The Labute approximate surface area is 168 Å². The molecule has 1 heterocycles. The van der Waals surface area contributed by atoms with Crippen LogP contribution in [0.15, 0.2) is 24.3 Å². The van der Waals surface area contributed by atoms with Gasteiger partial charge < -0.3 is 14.7 Å². The van der Waals surface area contributed by atoms with Gasteiger partial charge in [0.05, 0.1) is 13.2 Å². The first-order chi connectivity index (χ1) is 13.6. The second kappa shape index (κ2) is 8.45. The lowest BCUT2D eigenvalue weighted by Crippen LogP contribution is -2.44. The van der Waals surface area contributed by atoms with Gasteiger partial charge in [0.1, 0.15) is 10.8 Å². The Balaban J connectivity index is 1.49. The van der Waals surface area contributed by atoms with Gasteiger partial charge in [0.25, 0.3) is 0 Å². The van der Waals surface area contributed by atoms with Crippen molar-refractivity contribution in [2.45, 2.75) is 63.1 Å². The van der Waals surface area contributed by atoms with Gasteiger partial charge in [-0.3, -0.25) is 5.32 Å². The summed E-state index contributed by atoms with van der Waals surface area (Å²) in [6, 6.07) is 7.70. The van der Waals surface area contributed by atoms with Crippen LogP contribution in [0.25, 0.3) is 0 Å². The molecule has 2 amide bonds. The number of hydrogen-bond donors (Lipinski definition) is 2. The van der Waals surface area contributed by atoms with E-state index < -0.39 is 0 Å². The van der Waals surface area contributed by atoms with Crippen LogP contribution in [0.5, 0.6) is 5.75 Å². The number of methoxy groups -OCH3 is 1. The number of aromatic nitrogens is 2. The molecular formula is C20H26N4O3S. The molecule has 2 saturated carbocycles. The fourth-order valence-electron chi connectivity index (χ4n) is 3.65. The third-order valence-electron chi connectivity index (χ3n) is 5.44. The summed E-state index contributed by atoms with van der Waals surface area (Å²) < 4.78 is 5.31. The fraction of sp³-hybridized carbons (Fsp3) is 0.550. The van der Waals surface area contributed by atoms with E-state index in [1.165, 1.54) is 11.3 Å². The first-order valence-corrected chi connectivity index (χ1v) is 10.7. The smallest absolute Gasteiger partial charge is 0.324 e. The number of aliphatic hydroxyl groups excluding tert-OH is 1. The maximum absolute atomic E-state index is 13.1. The predicted octanol–water partition coefficient (Wildman–Crippen LogP) is 3.76. The molecule has 150 valence electrons. The molecule has 2 N–H and O–H groups in total. The van der Waals surface area contributed by atoms with E-state index in [9.17, 15) is 9.90 Å². The highest BCUT2D eigenvalue weighted by Gasteiger charge is 2.30. The number of hydrogen-bond acceptors (Lipinski definition) is 6. The Hall–Kier alpha value is -2.19. The number of carbonyl (C=O) groups is 1. The summed E-state index contributed by atoms with van der Waals surface area (Å²) in [5.74, 6) is 1.30. The molecule has 2 aliphatic carbocycles. The maximum Gasteiger partial charge on any atom is 0.324 e. The zero-order valence-corrected chi connectivity index (χ0v) is 16.8. The van der Waals surface area contributed by atoms with Crippen molar-refractivity contribution < 1.29 is 14.6 Å². The van der Waals surface area contributed by atoms with E-state index in [2.05, 4.69) is 15.5 Å². The van der Waals surface area contributed by atoms with E-state index in [4.69, 9.17) is 4.74 Å². The summed E-state index contributed by atoms with van der Waals surface area (Å²) in [4.78, 5) is 15.0. The minimum absolute atomic E-state index is 0.0884. The summed E-state index contributed by atoms with van der Waals surface area (Å²) in [7, 11) is 1.64. The van der Waals surface area contributed by atoms with Crippen LogP contribution in [-0.2, 0) is 6.54 Å². The van der Waals surface area contributed by atoms with E-state index >= 15 is 0 Å². The van der Waals surface area contributed by atoms with Crippen molar-refractivity contribution in [3.63, 3.8) is 0 Å². The van der Waals surface area contributed by atoms with E-state index in [1.807, 2.05) is 29.2 Å². The third kappa shape index (κ3) is 4.62. The average molecular weight is 403 g/mol. The zero-order valence-electron chi connectivity index (χ0n) is 16.0. The minimum Gasteiger partial charge on any atom is -0.497 e. The quantitative estimate of drug-likeness (QED) is 0.768. The Morgan fingerprint density at radius 1 is 1.25 bits per heavy atom. The van der Waals surface area contributed by atoms with Crippen molar-refractivity contribution in [3.8, 4) is 5.75 Å². The van der Waals surface area contributed by atoms with Crippen molar-refractivity contribution >= 4 is 22.5 Å². The van der Waals surface area contributed by atoms with Gasteiger partial charge in [0.2, 0.25) is 5.13 Å². The number of ether oxygens (including phenoxy) is 1. The summed E-state index contributed by atoms with van der Waals surface area (Å²) in [6.45, 7) is 0.484. The molecule has 0 aliphatic heterocycles. The molecule has 0 saturated heterocycles. The van der Waals surface area contributed by atoms with E-state index in [1.54, 1.807) is 7.11 Å². The molecule has 2 aliphatic rings. The molecule has 0 spiro atoms. The number of amides is 2. The van der Waals surface area contributed by atoms with Crippen LogP contribution in [0.1, 0.15) is 55.0 Å². The molecule has 0 bridgehead atoms. The van der Waals surface area contributed by atoms with Gasteiger partial charge in [0, 0.05) is 18.5 Å². The van der Waals surface area contributed by atoms with Crippen LogP contribution in [0, 0.1) is 0 Å². The van der Waals surface area contributed by atoms with Crippen LogP contribution in [-0.4, -0.2) is 45.5 Å². The second-order valence-corrected chi connectivity index (χ2v) is 8.60. The first kappa shape index (κ1) is 19.1. The largest absolute Gasteiger partial charge is 0.497 e. The van der Waals surface area contributed by atoms with Crippen molar-refractivity contribution in [1.82, 2.24) is 15.1 Å². The molecule has 1 aromatic heterocycles. The number of nitrogens with one attached hydrogen (secondary N) is 1. The molecule has 0 atom stereocenters. The summed E-state index contributed by atoms with van der Waals surface area (Å²) in [6.07, 6.45) is 5.09. The summed E-state index contributed by atoms with van der Waals surface area (Å²) in [5, 5.41) is 22.7. The van der Waals surface area contributed by atoms with Crippen LogP contribution in [0.3, 0.4) is 0 Å². The number of anilines is 1. The normalized spacial score (nSPS) is 21.9. The number of urea groups is 1. The Morgan fingerprint density at radius 2 is 2.04 bits per heavy atom. The van der Waals surface area contributed by atoms with Crippen molar-refractivity contribution in [2.75, 3.05) is 12.4 Å². The number of rotatable bonds is 6. The Bertz CT molecular complexity index is 815. The fourth-order valence-corrected chi connectivity index (χ4v) is 4.55. The third-order valence-corrected chi connectivity index (χ3v) is 6.44.